The molecule has 0 spiro atoms. The Morgan fingerprint density at radius 3 is 1.71 bits per heavy atom. The number of nitrogens with zero attached hydrogens (tertiary/aromatic N) is 6. The number of pyridine rings is 2. The second-order valence-corrected chi connectivity index (χ2v) is 4.42. The van der Waals surface area contributed by atoms with E-state index in [2.05, 4.69) is 20.2 Å². The van der Waals surface area contributed by atoms with Crippen LogP contribution in [0.4, 0.5) is 0 Å². The number of aliphatic hydroxyl groups excluding tert-OH is 2. The van der Waals surface area contributed by atoms with Gasteiger partial charge in [0.2, 0.25) is 0 Å². The van der Waals surface area contributed by atoms with Crippen LogP contribution >= 0.6 is 0 Å². The van der Waals surface area contributed by atoms with Crippen molar-refractivity contribution in [3.8, 4) is 0 Å². The Kier molecular flexibility index (Phi) is 36.0. The molecule has 2 aromatic rings. The number of hydrogen-bond acceptors (Lipinski definition) is 13. The Morgan fingerprint density at radius 1 is 0.941 bits per heavy atom. The molecule has 34 heavy (non-hydrogen) atoms. The topological polar surface area (TPSA) is 304 Å². The number of aromatic nitrogens is 2. The minimum absolute atomic E-state index is 0. The van der Waals surface area contributed by atoms with Crippen LogP contribution in [0.15, 0.2) is 59.1 Å². The third-order valence-electron chi connectivity index (χ3n) is 2.10. The molecule has 2 aromatic heterocycles. The molecule has 193 valence electrons. The van der Waals surface area contributed by atoms with Gasteiger partial charge in [0, 0.05) is 37.7 Å². The zero-order valence-corrected chi connectivity index (χ0v) is 19.9. The summed E-state index contributed by atoms with van der Waals surface area (Å²) in [5.74, 6) is -0.380. The molecular formula is C16H24DyN7O10. The smallest absolute Gasteiger partial charge is 0.857 e. The molecule has 0 bridgehead atoms. The van der Waals surface area contributed by atoms with Gasteiger partial charge in [-0.05, 0) is 43.7 Å². The zero-order valence-electron chi connectivity index (χ0n) is 17.9. The van der Waals surface area contributed by atoms with Gasteiger partial charge in [-0.1, -0.05) is 6.07 Å². The average molecular weight is 637 g/mol. The van der Waals surface area contributed by atoms with Crippen LogP contribution in [-0.2, 0) is 0 Å². The van der Waals surface area contributed by atoms with Crippen molar-refractivity contribution in [2.45, 2.75) is 13.8 Å². The molecule has 0 amide bonds. The first-order chi connectivity index (χ1) is 15.1. The van der Waals surface area contributed by atoms with E-state index in [1.165, 1.54) is 12.4 Å². The first-order valence-corrected chi connectivity index (χ1v) is 8.31. The SMILES string of the molecule is CCO.CCO.N/C(=N\N=C(/[O-])c1ccncc1)c1ccccn1.O.O=[N+]([O-])[O-].O=[N+]([O-])[O-].[Dy+3]. The molecule has 2 heterocycles. The quantitative estimate of drug-likeness (QED) is 0.152. The van der Waals surface area contributed by atoms with Crippen molar-refractivity contribution < 1.29 is 69.1 Å². The third-order valence-corrected chi connectivity index (χ3v) is 2.10. The molecule has 0 aliphatic carbocycles. The summed E-state index contributed by atoms with van der Waals surface area (Å²) in [5, 5.41) is 63.4. The van der Waals surface area contributed by atoms with Crippen LogP contribution < -0.4 is 10.8 Å². The normalized spacial score (nSPS) is 9.06. The maximum Gasteiger partial charge on any atom is 3.00 e. The number of aliphatic hydroxyl groups is 2. The van der Waals surface area contributed by atoms with Crippen molar-refractivity contribution in [3.05, 3.63) is 90.8 Å². The third kappa shape index (κ3) is 33.4. The summed E-state index contributed by atoms with van der Waals surface area (Å²) in [5.41, 5.74) is 6.53. The van der Waals surface area contributed by atoms with E-state index in [9.17, 15) is 5.11 Å². The fourth-order valence-corrected chi connectivity index (χ4v) is 1.22. The molecule has 0 aliphatic rings. The standard InChI is InChI=1S/C12H11N5O.2C2H6O.Dy.2NO3.H2O/c13-11(10-3-1-2-6-15-10)16-17-12(18)9-4-7-14-8-5-9;2*1-2-3;;2*2-1(3)4;/h1-8H,(H2,13,16)(H,17,18);2*3H,2H2,1H3;;;;1H2/q;;;+3;2*-1;/p-1. The van der Waals surface area contributed by atoms with Crippen molar-refractivity contribution in [2.75, 3.05) is 13.2 Å². The van der Waals surface area contributed by atoms with E-state index in [1.54, 1.807) is 50.4 Å². The van der Waals surface area contributed by atoms with Gasteiger partial charge in [0.1, 0.15) is 5.69 Å². The molecule has 0 atom stereocenters. The molecule has 2 rings (SSSR count). The molecule has 0 saturated heterocycles. The van der Waals surface area contributed by atoms with Crippen molar-refractivity contribution in [1.29, 1.82) is 0 Å². The van der Waals surface area contributed by atoms with E-state index in [-0.39, 0.29) is 62.7 Å². The molecule has 0 saturated carbocycles. The van der Waals surface area contributed by atoms with Crippen LogP contribution in [0.25, 0.3) is 0 Å². The van der Waals surface area contributed by atoms with Gasteiger partial charge in [0.05, 0.1) is 10.2 Å². The van der Waals surface area contributed by atoms with Crippen LogP contribution in [0.5, 0.6) is 0 Å². The van der Waals surface area contributed by atoms with E-state index < -0.39 is 16.1 Å². The monoisotopic (exact) mass is 638 g/mol. The summed E-state index contributed by atoms with van der Waals surface area (Å²) in [7, 11) is 0. The number of hydrogen-bond donors (Lipinski definition) is 3. The van der Waals surface area contributed by atoms with Crippen LogP contribution in [0.3, 0.4) is 0 Å². The molecule has 6 N–H and O–H groups in total. The molecular weight excluding hydrogens is 613 g/mol. The minimum atomic E-state index is -1.75. The van der Waals surface area contributed by atoms with Gasteiger partial charge in [-0.2, -0.15) is 5.10 Å². The van der Waals surface area contributed by atoms with Gasteiger partial charge in [0.15, 0.2) is 5.84 Å². The molecule has 18 heteroatoms. The Balaban J connectivity index is -0.000000147. The van der Waals surface area contributed by atoms with E-state index in [0.717, 1.165) is 0 Å². The number of amidine groups is 1. The molecule has 0 fully saturated rings. The van der Waals surface area contributed by atoms with Crippen molar-refractivity contribution in [1.82, 2.24) is 9.97 Å². The summed E-state index contributed by atoms with van der Waals surface area (Å²) < 4.78 is 0. The van der Waals surface area contributed by atoms with E-state index in [0.29, 0.717) is 11.3 Å². The maximum atomic E-state index is 11.6. The minimum Gasteiger partial charge on any atom is -0.857 e. The van der Waals surface area contributed by atoms with Crippen LogP contribution in [0.1, 0.15) is 25.1 Å². The first-order valence-electron chi connectivity index (χ1n) is 8.31. The Morgan fingerprint density at radius 2 is 1.35 bits per heavy atom. The van der Waals surface area contributed by atoms with Gasteiger partial charge in [-0.3, -0.25) is 9.97 Å². The average Bonchev–Trinajstić information content (AvgIpc) is 2.73. The van der Waals surface area contributed by atoms with Gasteiger partial charge in [-0.15, -0.1) is 5.10 Å². The van der Waals surface area contributed by atoms with Crippen molar-refractivity contribution in [2.24, 2.45) is 15.9 Å². The van der Waals surface area contributed by atoms with E-state index >= 15 is 0 Å². The molecule has 0 aromatic carbocycles. The second kappa shape index (κ2) is 29.8. The van der Waals surface area contributed by atoms with Crippen LogP contribution in [-0.4, -0.2) is 60.8 Å². The first kappa shape index (κ1) is 41.1. The van der Waals surface area contributed by atoms with Gasteiger partial charge in [0.25, 0.3) is 0 Å². The van der Waals surface area contributed by atoms with E-state index in [1.807, 2.05) is 0 Å². The zero-order chi connectivity index (χ0) is 25.4. The van der Waals surface area contributed by atoms with Crippen LogP contribution in [0.2, 0.25) is 0 Å². The fourth-order valence-electron chi connectivity index (χ4n) is 1.22. The van der Waals surface area contributed by atoms with E-state index in [4.69, 9.17) is 46.6 Å². The molecule has 17 nitrogen and oxygen atoms in total. The number of rotatable bonds is 3. The maximum absolute atomic E-state index is 11.6. The van der Waals surface area contributed by atoms with Crippen LogP contribution in [0, 0.1) is 68.8 Å². The van der Waals surface area contributed by atoms with Gasteiger partial charge < -0.3 is 57.2 Å². The molecule has 1 radical (unpaired) electrons. The van der Waals surface area contributed by atoms with Crippen molar-refractivity contribution >= 4 is 11.7 Å². The number of nitrogens with two attached hydrogens (primary N) is 1. The summed E-state index contributed by atoms with van der Waals surface area (Å²) in [6, 6.07) is 8.33. The van der Waals surface area contributed by atoms with Crippen molar-refractivity contribution in [3.63, 3.8) is 0 Å². The Hall–Kier alpha value is -3.21. The predicted octanol–water partition coefficient (Wildman–Crippen LogP) is -1.40. The summed E-state index contributed by atoms with van der Waals surface area (Å²) in [6.07, 6.45) is 4.60. The van der Waals surface area contributed by atoms with Gasteiger partial charge in [-0.25, -0.2) is 0 Å². The molecule has 0 aliphatic heterocycles. The fraction of sp³-hybridized carbons (Fsp3) is 0.250. The second-order valence-electron chi connectivity index (χ2n) is 4.42. The summed E-state index contributed by atoms with van der Waals surface area (Å²) in [6.45, 7) is 3.86. The Bertz CT molecular complexity index is 724. The summed E-state index contributed by atoms with van der Waals surface area (Å²) in [4.78, 5) is 24.3. The predicted molar refractivity (Wildman–Crippen MR) is 116 cm³/mol. The largest absolute Gasteiger partial charge is 3.00 e. The molecule has 0 unspecified atom stereocenters. The summed E-state index contributed by atoms with van der Waals surface area (Å²) >= 11 is 0. The van der Waals surface area contributed by atoms with Gasteiger partial charge >= 0.3 is 38.2 Å². The Labute approximate surface area is 223 Å².